The van der Waals surface area contributed by atoms with E-state index in [9.17, 15) is 19.2 Å². The van der Waals surface area contributed by atoms with Crippen LogP contribution in [-0.4, -0.2) is 66.4 Å². The largest absolute Gasteiger partial charge is 0.461 e. The second-order valence-corrected chi connectivity index (χ2v) is 12.4. The fraction of sp³-hybridized carbons (Fsp3) is 0.733. The normalized spacial score (nSPS) is 42.6. The fourth-order valence-electron chi connectivity index (χ4n) is 7.48. The third kappa shape index (κ3) is 4.46. The number of ketones is 1. The molecule has 4 aliphatic rings. The van der Waals surface area contributed by atoms with Crippen molar-refractivity contribution >= 4 is 23.7 Å². The van der Waals surface area contributed by atoms with E-state index in [2.05, 4.69) is 0 Å². The number of allylic oxidation sites excluding steroid dienone is 1. The first-order valence-electron chi connectivity index (χ1n) is 13.7. The average molecular weight is 547 g/mol. The lowest BCUT2D eigenvalue weighted by Crippen LogP contribution is -2.43. The van der Waals surface area contributed by atoms with Gasteiger partial charge in [-0.1, -0.05) is 33.8 Å². The smallest absolute Gasteiger partial charge is 0.334 e. The Morgan fingerprint density at radius 2 is 1.59 bits per heavy atom. The summed E-state index contributed by atoms with van der Waals surface area (Å²) in [4.78, 5) is 51.7. The molecule has 0 spiro atoms. The van der Waals surface area contributed by atoms with Crippen LogP contribution < -0.4 is 0 Å². The van der Waals surface area contributed by atoms with Crippen LogP contribution in [0.25, 0.3) is 0 Å². The molecule has 0 amide bonds. The zero-order valence-electron chi connectivity index (χ0n) is 24.7. The van der Waals surface area contributed by atoms with Gasteiger partial charge in [0.1, 0.15) is 24.4 Å². The van der Waals surface area contributed by atoms with Crippen LogP contribution in [0.2, 0.25) is 0 Å². The van der Waals surface area contributed by atoms with Crippen molar-refractivity contribution in [2.45, 2.75) is 104 Å². The SMILES string of the molecule is CC=C(C)C(=O)O[C@@H]1C(C)=CC23O[C@@]2(C[C@H](C)[C@@H]3OC(C)=O)C(=O)[C@@H](C)C(OC(C)=O)[C@@H]2[C@H]([C@@H]1OC)C2(C)C. The second-order valence-electron chi connectivity index (χ2n) is 12.4. The summed E-state index contributed by atoms with van der Waals surface area (Å²) < 4.78 is 30.1. The zero-order chi connectivity index (χ0) is 29.2. The minimum Gasteiger partial charge on any atom is -0.461 e. The van der Waals surface area contributed by atoms with Crippen LogP contribution in [0.5, 0.6) is 0 Å². The van der Waals surface area contributed by atoms with Gasteiger partial charge in [0.25, 0.3) is 0 Å². The minimum atomic E-state index is -1.25. The molecular formula is C30H42O9. The summed E-state index contributed by atoms with van der Waals surface area (Å²) in [7, 11) is 1.57. The van der Waals surface area contributed by atoms with E-state index in [4.69, 9.17) is 23.7 Å². The molecule has 3 aliphatic carbocycles. The first-order chi connectivity index (χ1) is 18.1. The molecule has 3 fully saturated rings. The molecule has 9 heteroatoms. The highest BCUT2D eigenvalue weighted by atomic mass is 16.7. The third-order valence-electron chi connectivity index (χ3n) is 9.54. The van der Waals surface area contributed by atoms with Gasteiger partial charge in [0.05, 0.1) is 5.92 Å². The van der Waals surface area contributed by atoms with Gasteiger partial charge in [-0.25, -0.2) is 4.79 Å². The Morgan fingerprint density at radius 3 is 2.13 bits per heavy atom. The van der Waals surface area contributed by atoms with E-state index in [1.165, 1.54) is 13.8 Å². The predicted octanol–water partition coefficient (Wildman–Crippen LogP) is 3.73. The quantitative estimate of drug-likeness (QED) is 0.167. The molecule has 0 bridgehead atoms. The predicted molar refractivity (Wildman–Crippen MR) is 140 cm³/mol. The maximum absolute atomic E-state index is 14.3. The number of fused-ring (bicyclic) bond motifs is 1. The van der Waals surface area contributed by atoms with E-state index in [1.54, 1.807) is 40.0 Å². The second kappa shape index (κ2) is 9.84. The van der Waals surface area contributed by atoms with Gasteiger partial charge < -0.3 is 23.7 Å². The molecule has 4 rings (SSSR count). The highest BCUT2D eigenvalue weighted by molar-refractivity contribution is 5.96. The van der Waals surface area contributed by atoms with Gasteiger partial charge in [-0.15, -0.1) is 0 Å². The van der Waals surface area contributed by atoms with Gasteiger partial charge in [0.2, 0.25) is 0 Å². The molecule has 39 heavy (non-hydrogen) atoms. The van der Waals surface area contributed by atoms with Crippen LogP contribution in [0, 0.1) is 29.1 Å². The van der Waals surface area contributed by atoms with E-state index < -0.39 is 59.4 Å². The molecule has 0 radical (unpaired) electrons. The number of epoxide rings is 1. The van der Waals surface area contributed by atoms with Crippen LogP contribution in [0.4, 0.5) is 0 Å². The molecule has 9 nitrogen and oxygen atoms in total. The number of esters is 3. The van der Waals surface area contributed by atoms with E-state index >= 15 is 0 Å². The number of carbonyl (C=O) groups is 4. The summed E-state index contributed by atoms with van der Waals surface area (Å²) in [6.07, 6.45) is 0.965. The van der Waals surface area contributed by atoms with Gasteiger partial charge in [0.15, 0.2) is 17.0 Å². The minimum absolute atomic E-state index is 0.174. The molecule has 0 N–H and O–H groups in total. The monoisotopic (exact) mass is 546 g/mol. The molecule has 1 heterocycles. The van der Waals surface area contributed by atoms with Crippen molar-refractivity contribution in [3.8, 4) is 0 Å². The zero-order valence-corrected chi connectivity index (χ0v) is 24.7. The number of hydrogen-bond acceptors (Lipinski definition) is 9. The molecule has 216 valence electrons. The molecule has 1 saturated heterocycles. The summed E-state index contributed by atoms with van der Waals surface area (Å²) in [6, 6.07) is 0. The van der Waals surface area contributed by atoms with Gasteiger partial charge in [-0.2, -0.15) is 0 Å². The van der Waals surface area contributed by atoms with Crippen molar-refractivity contribution in [2.24, 2.45) is 29.1 Å². The summed E-state index contributed by atoms with van der Waals surface area (Å²) in [5, 5.41) is 0. The van der Waals surface area contributed by atoms with Crippen LogP contribution in [-0.2, 0) is 42.9 Å². The molecule has 1 aliphatic heterocycles. The maximum Gasteiger partial charge on any atom is 0.334 e. The van der Waals surface area contributed by atoms with Crippen molar-refractivity contribution in [2.75, 3.05) is 7.11 Å². The lowest BCUT2D eigenvalue weighted by atomic mass is 9.80. The number of hydrogen-bond donors (Lipinski definition) is 0. The standard InChI is InChI=1S/C30H42O9/c1-11-14(2)27(34)38-22-15(3)12-30-26(37-19(7)32)16(4)13-29(30,39-30)25(33)17(5)23(36-18(6)31)20-21(24(22)35-10)28(20,8)9/h11-12,16-17,20-24,26H,13H2,1-10H3/t16-,17-,20-,21+,22+,23?,24-,26-,29-,30?/m0/s1. The summed E-state index contributed by atoms with van der Waals surface area (Å²) in [5.74, 6) is -2.90. The average Bonchev–Trinajstić information content (AvgIpc) is 3.64. The van der Waals surface area contributed by atoms with E-state index in [1.807, 2.05) is 27.7 Å². The van der Waals surface area contributed by atoms with E-state index in [0.29, 0.717) is 17.6 Å². The first-order valence-corrected chi connectivity index (χ1v) is 13.7. The van der Waals surface area contributed by atoms with Crippen LogP contribution in [0.3, 0.4) is 0 Å². The van der Waals surface area contributed by atoms with Crippen molar-refractivity contribution in [3.05, 3.63) is 23.3 Å². The number of ether oxygens (including phenoxy) is 5. The highest BCUT2D eigenvalue weighted by Crippen LogP contribution is 2.68. The number of methoxy groups -OCH3 is 1. The van der Waals surface area contributed by atoms with Crippen molar-refractivity contribution in [1.82, 2.24) is 0 Å². The summed E-state index contributed by atoms with van der Waals surface area (Å²) in [6.45, 7) is 15.7. The maximum atomic E-state index is 14.3. The number of rotatable bonds is 5. The fourth-order valence-corrected chi connectivity index (χ4v) is 7.48. The van der Waals surface area contributed by atoms with Gasteiger partial charge in [-0.05, 0) is 50.2 Å². The molecule has 2 saturated carbocycles. The molecular weight excluding hydrogens is 504 g/mol. The van der Waals surface area contributed by atoms with Gasteiger partial charge in [0, 0.05) is 38.4 Å². The van der Waals surface area contributed by atoms with Gasteiger partial charge in [-0.3, -0.25) is 14.4 Å². The number of carbonyl (C=O) groups excluding carboxylic acids is 4. The lowest BCUT2D eigenvalue weighted by molar-refractivity contribution is -0.154. The Kier molecular flexibility index (Phi) is 7.43. The summed E-state index contributed by atoms with van der Waals surface area (Å²) >= 11 is 0. The Bertz CT molecular complexity index is 1140. The topological polar surface area (TPSA) is 118 Å². The van der Waals surface area contributed by atoms with Crippen LogP contribution >= 0.6 is 0 Å². The highest BCUT2D eigenvalue weighted by Gasteiger charge is 2.84. The molecule has 0 aromatic carbocycles. The molecule has 2 unspecified atom stereocenters. The third-order valence-corrected chi connectivity index (χ3v) is 9.54. The van der Waals surface area contributed by atoms with Gasteiger partial charge >= 0.3 is 17.9 Å². The Morgan fingerprint density at radius 1 is 1.00 bits per heavy atom. The Labute approximate surface area is 230 Å². The number of Topliss-reactive ketones (excluding diaryl/α,β-unsaturated/α-hetero) is 1. The summed E-state index contributed by atoms with van der Waals surface area (Å²) in [5.41, 5.74) is -1.77. The van der Waals surface area contributed by atoms with Crippen molar-refractivity contribution in [3.63, 3.8) is 0 Å². The van der Waals surface area contributed by atoms with Crippen LogP contribution in [0.1, 0.15) is 68.7 Å². The first kappa shape index (κ1) is 29.5. The molecule has 10 atom stereocenters. The Hall–Kier alpha value is -2.52. The Balaban J connectivity index is 1.92. The van der Waals surface area contributed by atoms with E-state index in [0.717, 1.165) is 0 Å². The van der Waals surface area contributed by atoms with Crippen LogP contribution in [0.15, 0.2) is 23.3 Å². The lowest BCUT2D eigenvalue weighted by Gasteiger charge is -2.30. The van der Waals surface area contributed by atoms with Crippen molar-refractivity contribution in [1.29, 1.82) is 0 Å². The molecule has 0 aromatic rings. The molecule has 0 aromatic heterocycles. The van der Waals surface area contributed by atoms with Crippen molar-refractivity contribution < 1.29 is 42.9 Å². The van der Waals surface area contributed by atoms with E-state index in [-0.39, 0.29) is 29.0 Å².